The maximum atomic E-state index is 13.1. The highest BCUT2D eigenvalue weighted by molar-refractivity contribution is 5.96. The second-order valence-electron chi connectivity index (χ2n) is 8.24. The largest absolute Gasteiger partial charge is 0.481 e. The van der Waals surface area contributed by atoms with Gasteiger partial charge in [-0.1, -0.05) is 35.4 Å². The van der Waals surface area contributed by atoms with Crippen LogP contribution in [0.5, 0.6) is 11.5 Å². The topological polar surface area (TPSA) is 83.5 Å². The fourth-order valence-corrected chi connectivity index (χ4v) is 3.41. The molecule has 2 aromatic carbocycles. The predicted molar refractivity (Wildman–Crippen MR) is 133 cm³/mol. The summed E-state index contributed by atoms with van der Waals surface area (Å²) in [5, 5.41) is 0.565. The van der Waals surface area contributed by atoms with Gasteiger partial charge in [0.1, 0.15) is 6.61 Å². The van der Waals surface area contributed by atoms with E-state index in [0.29, 0.717) is 22.2 Å². The molecule has 0 atom stereocenters. The van der Waals surface area contributed by atoms with E-state index in [4.69, 9.17) is 15.2 Å². The number of nitrogens with two attached hydrogens (primary N) is 1. The summed E-state index contributed by atoms with van der Waals surface area (Å²) in [6, 6.07) is 13.7. The molecule has 2 N–H and O–H groups in total. The molecule has 0 aliphatic heterocycles. The third kappa shape index (κ3) is 5.92. The van der Waals surface area contributed by atoms with Crippen LogP contribution in [0, 0.1) is 0 Å². The molecule has 33 heavy (non-hydrogen) atoms. The summed E-state index contributed by atoms with van der Waals surface area (Å²) < 4.78 is 13.1. The molecule has 0 saturated heterocycles. The number of carbonyl (C=O) groups excluding carboxylic acids is 1. The third-order valence-electron chi connectivity index (χ3n) is 5.29. The first-order valence-corrected chi connectivity index (χ1v) is 10.9. The molecule has 1 heterocycles. The lowest BCUT2D eigenvalue weighted by atomic mass is 10.1. The molecular weight excluding hydrogens is 416 g/mol. The zero-order chi connectivity index (χ0) is 24.0. The van der Waals surface area contributed by atoms with Crippen LogP contribution in [0.2, 0.25) is 0 Å². The number of aromatic nitrogens is 1. The van der Waals surface area contributed by atoms with Gasteiger partial charge < -0.3 is 19.8 Å². The minimum atomic E-state index is -0.569. The second-order valence-corrected chi connectivity index (χ2v) is 8.24. The Kier molecular flexibility index (Phi) is 7.72. The van der Waals surface area contributed by atoms with E-state index in [9.17, 15) is 9.59 Å². The summed E-state index contributed by atoms with van der Waals surface area (Å²) in [5.74, 6) is -0.481. The van der Waals surface area contributed by atoms with Crippen molar-refractivity contribution < 1.29 is 14.3 Å². The average molecular weight is 447 g/mol. The zero-order valence-electron chi connectivity index (χ0n) is 19.6. The number of carbonyl (C=O) groups is 1. The Labute approximate surface area is 193 Å². The van der Waals surface area contributed by atoms with E-state index in [0.717, 1.165) is 18.4 Å². The highest BCUT2D eigenvalue weighted by Crippen LogP contribution is 2.34. The molecular formula is C27H30N2O4. The van der Waals surface area contributed by atoms with Crippen LogP contribution >= 0.6 is 0 Å². The van der Waals surface area contributed by atoms with E-state index in [-0.39, 0.29) is 18.1 Å². The van der Waals surface area contributed by atoms with Gasteiger partial charge in [-0.15, -0.1) is 0 Å². The Hall–Kier alpha value is -3.80. The number of hydrogen-bond donors (Lipinski definition) is 1. The molecule has 0 unspecified atom stereocenters. The minimum Gasteiger partial charge on any atom is -0.481 e. The Morgan fingerprint density at radius 3 is 2.45 bits per heavy atom. The SMILES string of the molecule is CC(C)=CCCC(C)=CCOc1c(OC(=O)c2ccccc2)c2ccc(N)cc2n(C)c1=O. The van der Waals surface area contributed by atoms with Crippen LogP contribution in [-0.2, 0) is 7.05 Å². The lowest BCUT2D eigenvalue weighted by Crippen LogP contribution is -2.22. The standard InChI is InChI=1S/C27H30N2O4/c1-18(2)9-8-10-19(3)15-16-32-25-24(33-27(31)20-11-6-5-7-12-20)22-14-13-21(28)17-23(22)29(4)26(25)30/h5-7,9,11-15,17H,8,10,16,28H2,1-4H3. The molecule has 172 valence electrons. The van der Waals surface area contributed by atoms with E-state index in [1.807, 2.05) is 19.1 Å². The van der Waals surface area contributed by atoms with Crippen molar-refractivity contribution in [2.75, 3.05) is 12.3 Å². The summed E-state index contributed by atoms with van der Waals surface area (Å²) in [6.07, 6.45) is 5.97. The van der Waals surface area contributed by atoms with Gasteiger partial charge in [0.25, 0.3) is 5.56 Å². The molecule has 6 nitrogen and oxygen atoms in total. The zero-order valence-corrected chi connectivity index (χ0v) is 19.6. The molecule has 6 heteroatoms. The van der Waals surface area contributed by atoms with Crippen molar-refractivity contribution in [3.63, 3.8) is 0 Å². The van der Waals surface area contributed by atoms with Gasteiger partial charge in [0, 0.05) is 18.1 Å². The molecule has 0 spiro atoms. The van der Waals surface area contributed by atoms with Crippen molar-refractivity contribution in [2.45, 2.75) is 33.6 Å². The fraction of sp³-hybridized carbons (Fsp3) is 0.259. The molecule has 1 aromatic heterocycles. The van der Waals surface area contributed by atoms with Gasteiger partial charge in [0.15, 0.2) is 5.75 Å². The maximum Gasteiger partial charge on any atom is 0.343 e. The Morgan fingerprint density at radius 2 is 1.76 bits per heavy atom. The molecule has 0 radical (unpaired) electrons. The van der Waals surface area contributed by atoms with Gasteiger partial charge in [0.2, 0.25) is 5.75 Å². The van der Waals surface area contributed by atoms with Crippen molar-refractivity contribution in [1.29, 1.82) is 0 Å². The van der Waals surface area contributed by atoms with Crippen molar-refractivity contribution in [3.05, 3.63) is 87.7 Å². The number of ether oxygens (including phenoxy) is 2. The number of hydrogen-bond acceptors (Lipinski definition) is 5. The van der Waals surface area contributed by atoms with Gasteiger partial charge in [-0.05, 0) is 70.0 Å². The number of nitrogens with zero attached hydrogens (tertiary/aromatic N) is 1. The molecule has 3 aromatic rings. The number of anilines is 1. The highest BCUT2D eigenvalue weighted by Gasteiger charge is 2.21. The smallest absolute Gasteiger partial charge is 0.343 e. The van der Waals surface area contributed by atoms with Crippen LogP contribution in [0.3, 0.4) is 0 Å². The van der Waals surface area contributed by atoms with E-state index in [1.54, 1.807) is 49.5 Å². The third-order valence-corrected chi connectivity index (χ3v) is 5.29. The average Bonchev–Trinajstić information content (AvgIpc) is 2.79. The molecule has 0 bridgehead atoms. The van der Waals surface area contributed by atoms with Crippen molar-refractivity contribution in [1.82, 2.24) is 4.57 Å². The quantitative estimate of drug-likeness (QED) is 0.284. The van der Waals surface area contributed by atoms with Crippen LogP contribution in [-0.4, -0.2) is 17.1 Å². The number of pyridine rings is 1. The number of esters is 1. The lowest BCUT2D eigenvalue weighted by Gasteiger charge is -2.16. The number of nitrogen functional groups attached to an aromatic ring is 1. The van der Waals surface area contributed by atoms with Crippen LogP contribution in [0.4, 0.5) is 5.69 Å². The number of benzene rings is 2. The molecule has 3 rings (SSSR count). The highest BCUT2D eigenvalue weighted by atomic mass is 16.6. The minimum absolute atomic E-state index is 0.00704. The number of fused-ring (bicyclic) bond motifs is 1. The van der Waals surface area contributed by atoms with Gasteiger partial charge in [-0.25, -0.2) is 4.79 Å². The van der Waals surface area contributed by atoms with E-state index in [2.05, 4.69) is 19.9 Å². The number of rotatable bonds is 8. The van der Waals surface area contributed by atoms with Crippen LogP contribution in [0.25, 0.3) is 10.9 Å². The first-order valence-electron chi connectivity index (χ1n) is 10.9. The molecule has 0 fully saturated rings. The summed E-state index contributed by atoms with van der Waals surface area (Å²) in [7, 11) is 1.64. The van der Waals surface area contributed by atoms with Crippen LogP contribution in [0.1, 0.15) is 44.0 Å². The summed E-state index contributed by atoms with van der Waals surface area (Å²) >= 11 is 0. The monoisotopic (exact) mass is 446 g/mol. The Balaban J connectivity index is 1.97. The summed E-state index contributed by atoms with van der Waals surface area (Å²) in [4.78, 5) is 25.9. The Bertz CT molecular complexity index is 1270. The first kappa shape index (κ1) is 23.9. The van der Waals surface area contributed by atoms with E-state index in [1.165, 1.54) is 10.1 Å². The Morgan fingerprint density at radius 1 is 1.03 bits per heavy atom. The summed E-state index contributed by atoms with van der Waals surface area (Å²) in [6.45, 7) is 6.36. The number of allylic oxidation sites excluding steroid dienone is 3. The predicted octanol–water partition coefficient (Wildman–Crippen LogP) is 5.41. The van der Waals surface area contributed by atoms with E-state index >= 15 is 0 Å². The molecule has 0 aliphatic rings. The second kappa shape index (κ2) is 10.7. The van der Waals surface area contributed by atoms with Gasteiger partial charge in [0.05, 0.1) is 11.1 Å². The maximum absolute atomic E-state index is 13.1. The van der Waals surface area contributed by atoms with Gasteiger partial charge in [-0.3, -0.25) is 4.79 Å². The summed E-state index contributed by atoms with van der Waals surface area (Å²) in [5.41, 5.74) is 9.39. The van der Waals surface area contributed by atoms with Crippen molar-refractivity contribution >= 4 is 22.6 Å². The van der Waals surface area contributed by atoms with Gasteiger partial charge >= 0.3 is 5.97 Å². The fourth-order valence-electron chi connectivity index (χ4n) is 3.41. The van der Waals surface area contributed by atoms with E-state index < -0.39 is 11.5 Å². The van der Waals surface area contributed by atoms with Crippen LogP contribution in [0.15, 0.2) is 76.6 Å². The lowest BCUT2D eigenvalue weighted by molar-refractivity contribution is 0.0731. The van der Waals surface area contributed by atoms with Crippen LogP contribution < -0.4 is 20.8 Å². The number of aryl methyl sites for hydroxylation is 1. The molecule has 0 saturated carbocycles. The van der Waals surface area contributed by atoms with Crippen molar-refractivity contribution in [3.8, 4) is 11.5 Å². The molecule has 0 aliphatic carbocycles. The van der Waals surface area contributed by atoms with Crippen molar-refractivity contribution in [2.24, 2.45) is 7.05 Å². The first-order chi connectivity index (χ1) is 15.8. The molecule has 0 amide bonds. The van der Waals surface area contributed by atoms with Gasteiger partial charge in [-0.2, -0.15) is 0 Å². The normalized spacial score (nSPS) is 11.3.